The zero-order chi connectivity index (χ0) is 19.3. The number of hydrogen-bond donors (Lipinski definition) is 0. The molecule has 0 heterocycles. The molecule has 0 saturated carbocycles. The Morgan fingerprint density at radius 2 is 1.76 bits per heavy atom. The lowest BCUT2D eigenvalue weighted by Gasteiger charge is -2.29. The molecule has 0 bridgehead atoms. The molecule has 0 saturated heterocycles. The number of rotatable bonds is 8. The van der Waals surface area contributed by atoms with E-state index < -0.39 is 27.3 Å². The SMILES string of the molecule is CC(C)(C)OC(=O)C(C)(C)Oc1cccc(CCCOS(C)(=O)=O)c1. The largest absolute Gasteiger partial charge is 0.476 e. The highest BCUT2D eigenvalue weighted by Gasteiger charge is 2.34. The third kappa shape index (κ3) is 8.88. The maximum Gasteiger partial charge on any atom is 0.350 e. The predicted octanol–water partition coefficient (Wildman–Crippen LogP) is 3.09. The number of aryl methyl sites for hydroxylation is 1. The van der Waals surface area contributed by atoms with Gasteiger partial charge in [-0.25, -0.2) is 4.79 Å². The minimum atomic E-state index is -3.41. The highest BCUT2D eigenvalue weighted by Crippen LogP contribution is 2.23. The van der Waals surface area contributed by atoms with Gasteiger partial charge in [0.15, 0.2) is 5.60 Å². The van der Waals surface area contributed by atoms with Crippen molar-refractivity contribution in [2.24, 2.45) is 0 Å². The lowest BCUT2D eigenvalue weighted by molar-refractivity contribution is -0.170. The van der Waals surface area contributed by atoms with Gasteiger partial charge in [0.1, 0.15) is 11.4 Å². The molecule has 0 radical (unpaired) electrons. The van der Waals surface area contributed by atoms with Gasteiger partial charge in [-0.1, -0.05) is 12.1 Å². The van der Waals surface area contributed by atoms with Crippen LogP contribution in [-0.4, -0.2) is 38.5 Å². The van der Waals surface area contributed by atoms with Gasteiger partial charge in [0.2, 0.25) is 0 Å². The van der Waals surface area contributed by atoms with E-state index in [0.717, 1.165) is 11.8 Å². The van der Waals surface area contributed by atoms with E-state index in [1.807, 2.05) is 18.2 Å². The summed E-state index contributed by atoms with van der Waals surface area (Å²) in [4.78, 5) is 12.3. The lowest BCUT2D eigenvalue weighted by Crippen LogP contribution is -2.43. The Hall–Kier alpha value is -1.60. The summed E-state index contributed by atoms with van der Waals surface area (Å²) in [7, 11) is -3.41. The highest BCUT2D eigenvalue weighted by atomic mass is 32.2. The van der Waals surface area contributed by atoms with Crippen LogP contribution in [-0.2, 0) is 30.3 Å². The van der Waals surface area contributed by atoms with Crippen LogP contribution < -0.4 is 4.74 Å². The van der Waals surface area contributed by atoms with Gasteiger partial charge < -0.3 is 9.47 Å². The topological polar surface area (TPSA) is 78.9 Å². The Morgan fingerprint density at radius 1 is 1.12 bits per heavy atom. The van der Waals surface area contributed by atoms with E-state index in [9.17, 15) is 13.2 Å². The predicted molar refractivity (Wildman–Crippen MR) is 96.1 cm³/mol. The van der Waals surface area contributed by atoms with E-state index in [4.69, 9.17) is 13.7 Å². The molecule has 142 valence electrons. The molecule has 1 aromatic rings. The van der Waals surface area contributed by atoms with Crippen LogP contribution in [0.5, 0.6) is 5.75 Å². The molecule has 0 unspecified atom stereocenters. The first kappa shape index (κ1) is 21.4. The molecule has 0 aliphatic carbocycles. The molecule has 0 N–H and O–H groups in total. The molecular formula is C18H28O6S. The normalized spacial score (nSPS) is 12.7. The van der Waals surface area contributed by atoms with Gasteiger partial charge in [0.05, 0.1) is 12.9 Å². The second-order valence-electron chi connectivity index (χ2n) is 7.39. The van der Waals surface area contributed by atoms with Crippen LogP contribution in [0, 0.1) is 0 Å². The summed E-state index contributed by atoms with van der Waals surface area (Å²) in [6, 6.07) is 7.33. The molecule has 0 amide bonds. The molecule has 0 fully saturated rings. The second kappa shape index (κ2) is 8.19. The summed E-state index contributed by atoms with van der Waals surface area (Å²) >= 11 is 0. The van der Waals surface area contributed by atoms with E-state index in [0.29, 0.717) is 18.6 Å². The monoisotopic (exact) mass is 372 g/mol. The Labute approximate surface area is 150 Å². The summed E-state index contributed by atoms with van der Waals surface area (Å²) in [6.07, 6.45) is 2.23. The average molecular weight is 372 g/mol. The summed E-state index contributed by atoms with van der Waals surface area (Å²) in [5, 5.41) is 0. The van der Waals surface area contributed by atoms with Crippen LogP contribution >= 0.6 is 0 Å². The number of benzene rings is 1. The Morgan fingerprint density at radius 3 is 2.32 bits per heavy atom. The molecule has 7 heteroatoms. The van der Waals surface area contributed by atoms with Gasteiger partial charge >= 0.3 is 5.97 Å². The molecule has 25 heavy (non-hydrogen) atoms. The maximum atomic E-state index is 12.3. The number of carbonyl (C=O) groups excluding carboxylic acids is 1. The summed E-state index contributed by atoms with van der Waals surface area (Å²) in [5.41, 5.74) is -0.737. The fraction of sp³-hybridized carbons (Fsp3) is 0.611. The van der Waals surface area contributed by atoms with Crippen molar-refractivity contribution in [3.63, 3.8) is 0 Å². The van der Waals surface area contributed by atoms with Crippen molar-refractivity contribution < 1.29 is 26.9 Å². The number of hydrogen-bond acceptors (Lipinski definition) is 6. The number of carbonyl (C=O) groups is 1. The highest BCUT2D eigenvalue weighted by molar-refractivity contribution is 7.85. The summed E-state index contributed by atoms with van der Waals surface area (Å²) in [6.45, 7) is 8.87. The Kier molecular flexibility index (Phi) is 7.02. The first-order valence-electron chi connectivity index (χ1n) is 8.14. The molecule has 0 aliphatic heterocycles. The zero-order valence-electron chi connectivity index (χ0n) is 15.8. The lowest BCUT2D eigenvalue weighted by atomic mass is 10.1. The van der Waals surface area contributed by atoms with E-state index in [2.05, 4.69) is 0 Å². The van der Waals surface area contributed by atoms with Gasteiger partial charge in [-0.2, -0.15) is 8.42 Å². The van der Waals surface area contributed by atoms with Crippen molar-refractivity contribution >= 4 is 16.1 Å². The van der Waals surface area contributed by atoms with Crippen molar-refractivity contribution in [2.45, 2.75) is 58.7 Å². The van der Waals surface area contributed by atoms with Gasteiger partial charge in [0.25, 0.3) is 10.1 Å². The molecule has 0 aliphatic rings. The first-order chi connectivity index (χ1) is 11.3. The van der Waals surface area contributed by atoms with Crippen molar-refractivity contribution in [2.75, 3.05) is 12.9 Å². The number of esters is 1. The molecule has 1 aromatic carbocycles. The van der Waals surface area contributed by atoms with E-state index >= 15 is 0 Å². The third-order valence-corrected chi connectivity index (χ3v) is 3.66. The quantitative estimate of drug-likeness (QED) is 0.396. The molecule has 6 nitrogen and oxygen atoms in total. The van der Waals surface area contributed by atoms with Gasteiger partial charge in [-0.15, -0.1) is 0 Å². The standard InChI is InChI=1S/C18H28O6S/c1-17(2,3)24-16(19)18(4,5)23-15-11-7-9-14(13-15)10-8-12-22-25(6,20)21/h7,9,11,13H,8,10,12H2,1-6H3. The van der Waals surface area contributed by atoms with Crippen molar-refractivity contribution in [3.05, 3.63) is 29.8 Å². The maximum absolute atomic E-state index is 12.3. The molecule has 0 atom stereocenters. The fourth-order valence-electron chi connectivity index (χ4n) is 1.99. The second-order valence-corrected chi connectivity index (χ2v) is 9.04. The van der Waals surface area contributed by atoms with Crippen LogP contribution in [0.3, 0.4) is 0 Å². The molecule has 0 aromatic heterocycles. The van der Waals surface area contributed by atoms with Gasteiger partial charge in [0, 0.05) is 0 Å². The van der Waals surface area contributed by atoms with E-state index in [-0.39, 0.29) is 6.61 Å². The van der Waals surface area contributed by atoms with Crippen molar-refractivity contribution in [1.82, 2.24) is 0 Å². The molecular weight excluding hydrogens is 344 g/mol. The van der Waals surface area contributed by atoms with Crippen molar-refractivity contribution in [3.8, 4) is 5.75 Å². The zero-order valence-corrected chi connectivity index (χ0v) is 16.6. The minimum absolute atomic E-state index is 0.132. The van der Waals surface area contributed by atoms with Crippen LogP contribution in [0.1, 0.15) is 46.6 Å². The van der Waals surface area contributed by atoms with Crippen LogP contribution in [0.15, 0.2) is 24.3 Å². The van der Waals surface area contributed by atoms with Gasteiger partial charge in [-0.3, -0.25) is 4.18 Å². The minimum Gasteiger partial charge on any atom is -0.476 e. The smallest absolute Gasteiger partial charge is 0.350 e. The van der Waals surface area contributed by atoms with Crippen LogP contribution in [0.2, 0.25) is 0 Å². The van der Waals surface area contributed by atoms with E-state index in [1.54, 1.807) is 40.7 Å². The van der Waals surface area contributed by atoms with Crippen LogP contribution in [0.25, 0.3) is 0 Å². The summed E-state index contributed by atoms with van der Waals surface area (Å²) in [5.74, 6) is 0.115. The average Bonchev–Trinajstić information content (AvgIpc) is 2.40. The number of ether oxygens (including phenoxy) is 2. The molecule has 1 rings (SSSR count). The first-order valence-corrected chi connectivity index (χ1v) is 9.96. The van der Waals surface area contributed by atoms with Gasteiger partial charge in [-0.05, 0) is 65.2 Å². The third-order valence-electron chi connectivity index (χ3n) is 3.07. The van der Waals surface area contributed by atoms with Crippen LogP contribution in [0.4, 0.5) is 0 Å². The Bertz CT molecular complexity index is 686. The van der Waals surface area contributed by atoms with E-state index in [1.165, 1.54) is 0 Å². The fourth-order valence-corrected chi connectivity index (χ4v) is 2.41. The molecule has 0 spiro atoms. The Balaban J connectivity index is 2.66. The van der Waals surface area contributed by atoms with Crippen molar-refractivity contribution in [1.29, 1.82) is 0 Å². The summed E-state index contributed by atoms with van der Waals surface area (Å²) < 4.78 is 37.8.